The van der Waals surface area contributed by atoms with Gasteiger partial charge < -0.3 is 0 Å². The lowest BCUT2D eigenvalue weighted by Gasteiger charge is -2.09. The molecule has 0 aliphatic carbocycles. The molecule has 0 radical (unpaired) electrons. The van der Waals surface area contributed by atoms with E-state index in [-0.39, 0.29) is 16.5 Å². The summed E-state index contributed by atoms with van der Waals surface area (Å²) in [7, 11) is -3.75. The molecule has 0 fully saturated rings. The molecule has 2 N–H and O–H groups in total. The van der Waals surface area contributed by atoms with Gasteiger partial charge in [0.05, 0.1) is 11.1 Å². The number of halogens is 1. The molecule has 1 aromatic heterocycles. The van der Waals surface area contributed by atoms with Gasteiger partial charge in [-0.25, -0.2) is 12.8 Å². The van der Waals surface area contributed by atoms with Gasteiger partial charge in [-0.2, -0.15) is 5.10 Å². The predicted octanol–water partition coefficient (Wildman–Crippen LogP) is 3.33. The number of H-pyrrole nitrogens is 1. The second kappa shape index (κ2) is 5.85. The first-order valence-electron chi connectivity index (χ1n) is 6.85. The molecule has 0 aliphatic rings. The minimum atomic E-state index is -3.75. The number of anilines is 1. The largest absolute Gasteiger partial charge is 0.263 e. The van der Waals surface area contributed by atoms with Crippen LogP contribution in [-0.4, -0.2) is 18.6 Å². The molecule has 118 valence electrons. The number of rotatable bonds is 4. The van der Waals surface area contributed by atoms with Gasteiger partial charge in [0.25, 0.3) is 10.0 Å². The molecule has 7 heteroatoms. The molecule has 3 rings (SSSR count). The van der Waals surface area contributed by atoms with Gasteiger partial charge in [-0.3, -0.25) is 9.82 Å². The van der Waals surface area contributed by atoms with Gasteiger partial charge in [-0.1, -0.05) is 30.3 Å². The third kappa shape index (κ3) is 3.09. The van der Waals surface area contributed by atoms with E-state index in [2.05, 4.69) is 14.9 Å². The average molecular weight is 331 g/mol. The molecule has 0 unspecified atom stereocenters. The maximum Gasteiger partial charge on any atom is 0.263 e. The summed E-state index contributed by atoms with van der Waals surface area (Å²) in [6.07, 6.45) is 1.45. The number of aromatic amines is 1. The van der Waals surface area contributed by atoms with Crippen molar-refractivity contribution < 1.29 is 12.8 Å². The molecule has 1 heterocycles. The zero-order valence-corrected chi connectivity index (χ0v) is 13.1. The van der Waals surface area contributed by atoms with Crippen molar-refractivity contribution in [3.8, 4) is 11.1 Å². The lowest BCUT2D eigenvalue weighted by atomic mass is 10.1. The quantitative estimate of drug-likeness (QED) is 0.770. The number of benzene rings is 2. The number of nitrogens with zero attached hydrogens (tertiary/aromatic N) is 1. The Balaban J connectivity index is 1.97. The Hall–Kier alpha value is -2.67. The van der Waals surface area contributed by atoms with Crippen LogP contribution in [0.25, 0.3) is 11.1 Å². The van der Waals surface area contributed by atoms with Crippen molar-refractivity contribution in [2.45, 2.75) is 11.8 Å². The summed E-state index contributed by atoms with van der Waals surface area (Å²) in [5.41, 5.74) is 1.53. The smallest absolute Gasteiger partial charge is 0.263 e. The second-order valence-electron chi connectivity index (χ2n) is 5.04. The van der Waals surface area contributed by atoms with E-state index in [1.54, 1.807) is 37.3 Å². The van der Waals surface area contributed by atoms with Crippen LogP contribution in [0.1, 0.15) is 5.56 Å². The van der Waals surface area contributed by atoms with Crippen LogP contribution >= 0.6 is 0 Å². The minimum Gasteiger partial charge on any atom is -0.263 e. The minimum absolute atomic E-state index is 0.135. The summed E-state index contributed by atoms with van der Waals surface area (Å²) in [6.45, 7) is 1.66. The van der Waals surface area contributed by atoms with E-state index in [1.165, 1.54) is 24.4 Å². The first-order valence-corrected chi connectivity index (χ1v) is 8.33. The van der Waals surface area contributed by atoms with E-state index in [1.807, 2.05) is 0 Å². The zero-order chi connectivity index (χ0) is 16.4. The molecule has 5 nitrogen and oxygen atoms in total. The standard InChI is InChI=1S/C16H14FN3O2S/c1-11-7-8-12(9-15(11)17)14-10-18-19-16(14)20-23(21,22)13-5-3-2-4-6-13/h2-10H,1H3,(H2,18,19,20). The van der Waals surface area contributed by atoms with E-state index < -0.39 is 10.0 Å². The Morgan fingerprint density at radius 2 is 1.87 bits per heavy atom. The van der Waals surface area contributed by atoms with Gasteiger partial charge in [0, 0.05) is 5.56 Å². The average Bonchev–Trinajstić information content (AvgIpc) is 2.98. The van der Waals surface area contributed by atoms with Crippen LogP contribution in [-0.2, 0) is 10.0 Å². The lowest BCUT2D eigenvalue weighted by Crippen LogP contribution is -2.13. The fourth-order valence-corrected chi connectivity index (χ4v) is 3.19. The van der Waals surface area contributed by atoms with E-state index >= 15 is 0 Å². The summed E-state index contributed by atoms with van der Waals surface area (Å²) in [5.74, 6) is -0.169. The van der Waals surface area contributed by atoms with Crippen molar-refractivity contribution in [1.82, 2.24) is 10.2 Å². The Bertz CT molecular complexity index is 937. The normalized spacial score (nSPS) is 11.4. The molecule has 0 aliphatic heterocycles. The number of hydrogen-bond acceptors (Lipinski definition) is 3. The van der Waals surface area contributed by atoms with Crippen LogP contribution in [0.15, 0.2) is 59.6 Å². The van der Waals surface area contributed by atoms with Crippen molar-refractivity contribution in [1.29, 1.82) is 0 Å². The summed E-state index contributed by atoms with van der Waals surface area (Å²) in [5, 5.41) is 6.46. The van der Waals surface area contributed by atoms with Crippen molar-refractivity contribution in [3.05, 3.63) is 66.1 Å². The first-order chi connectivity index (χ1) is 11.0. The number of aryl methyl sites for hydroxylation is 1. The van der Waals surface area contributed by atoms with Crippen LogP contribution in [0.3, 0.4) is 0 Å². The predicted molar refractivity (Wildman–Crippen MR) is 86.0 cm³/mol. The highest BCUT2D eigenvalue weighted by Crippen LogP contribution is 2.28. The molecule has 0 bridgehead atoms. The number of aromatic nitrogens is 2. The number of nitrogens with one attached hydrogen (secondary N) is 2. The van der Waals surface area contributed by atoms with E-state index in [0.29, 0.717) is 16.7 Å². The Labute approximate surface area is 133 Å². The topological polar surface area (TPSA) is 74.8 Å². The molecule has 2 aromatic carbocycles. The SMILES string of the molecule is Cc1ccc(-c2cn[nH]c2NS(=O)(=O)c2ccccc2)cc1F. The highest BCUT2D eigenvalue weighted by molar-refractivity contribution is 7.92. The van der Waals surface area contributed by atoms with Gasteiger partial charge in [0.15, 0.2) is 0 Å². The number of hydrogen-bond donors (Lipinski definition) is 2. The third-order valence-corrected chi connectivity index (χ3v) is 4.78. The van der Waals surface area contributed by atoms with E-state index in [9.17, 15) is 12.8 Å². The highest BCUT2D eigenvalue weighted by atomic mass is 32.2. The van der Waals surface area contributed by atoms with E-state index in [0.717, 1.165) is 0 Å². The van der Waals surface area contributed by atoms with Crippen LogP contribution in [0, 0.1) is 12.7 Å². The molecule has 23 heavy (non-hydrogen) atoms. The molecule has 0 saturated heterocycles. The first kappa shape index (κ1) is 15.2. The summed E-state index contributed by atoms with van der Waals surface area (Å²) in [4.78, 5) is 0.135. The van der Waals surface area contributed by atoms with Crippen LogP contribution in [0.4, 0.5) is 10.2 Å². The van der Waals surface area contributed by atoms with Crippen molar-refractivity contribution in [3.63, 3.8) is 0 Å². The lowest BCUT2D eigenvalue weighted by molar-refractivity contribution is 0.601. The summed E-state index contributed by atoms with van der Waals surface area (Å²) in [6, 6.07) is 12.7. The van der Waals surface area contributed by atoms with Crippen molar-refractivity contribution in [2.24, 2.45) is 0 Å². The fraction of sp³-hybridized carbons (Fsp3) is 0.0625. The van der Waals surface area contributed by atoms with Crippen LogP contribution in [0.5, 0.6) is 0 Å². The molecule has 0 atom stereocenters. The van der Waals surface area contributed by atoms with Crippen LogP contribution in [0.2, 0.25) is 0 Å². The fourth-order valence-electron chi connectivity index (χ4n) is 2.14. The van der Waals surface area contributed by atoms with Crippen molar-refractivity contribution >= 4 is 15.8 Å². The van der Waals surface area contributed by atoms with Crippen LogP contribution < -0.4 is 4.72 Å². The van der Waals surface area contributed by atoms with Crippen molar-refractivity contribution in [2.75, 3.05) is 4.72 Å². The highest BCUT2D eigenvalue weighted by Gasteiger charge is 2.18. The maximum atomic E-state index is 13.7. The Kier molecular flexibility index (Phi) is 3.87. The molecule has 0 amide bonds. The van der Waals surface area contributed by atoms with Gasteiger partial charge >= 0.3 is 0 Å². The van der Waals surface area contributed by atoms with Gasteiger partial charge in [-0.15, -0.1) is 0 Å². The van der Waals surface area contributed by atoms with E-state index in [4.69, 9.17) is 0 Å². The Morgan fingerprint density at radius 1 is 1.13 bits per heavy atom. The molecular weight excluding hydrogens is 317 g/mol. The van der Waals surface area contributed by atoms with Gasteiger partial charge in [-0.05, 0) is 36.2 Å². The maximum absolute atomic E-state index is 13.7. The third-order valence-electron chi connectivity index (χ3n) is 3.41. The summed E-state index contributed by atoms with van der Waals surface area (Å²) >= 11 is 0. The number of sulfonamides is 1. The molecule has 3 aromatic rings. The zero-order valence-electron chi connectivity index (χ0n) is 12.2. The molecular formula is C16H14FN3O2S. The monoisotopic (exact) mass is 331 g/mol. The molecule has 0 spiro atoms. The van der Waals surface area contributed by atoms with Gasteiger partial charge in [0.1, 0.15) is 11.6 Å². The second-order valence-corrected chi connectivity index (χ2v) is 6.72. The Morgan fingerprint density at radius 3 is 2.57 bits per heavy atom. The molecule has 0 saturated carbocycles. The summed E-state index contributed by atoms with van der Waals surface area (Å²) < 4.78 is 40.9. The van der Waals surface area contributed by atoms with Gasteiger partial charge in [0.2, 0.25) is 0 Å².